The highest BCUT2D eigenvalue weighted by molar-refractivity contribution is 9.10. The van der Waals surface area contributed by atoms with E-state index in [2.05, 4.69) is 31.5 Å². The molecule has 0 unspecified atom stereocenters. The second kappa shape index (κ2) is 8.46. The molecule has 0 atom stereocenters. The molecule has 0 radical (unpaired) electrons. The number of methoxy groups -OCH3 is 1. The second-order valence-electron chi connectivity index (χ2n) is 6.33. The van der Waals surface area contributed by atoms with Crippen LogP contribution in [0.1, 0.15) is 12.4 Å². The van der Waals surface area contributed by atoms with Crippen molar-refractivity contribution in [2.75, 3.05) is 23.4 Å². The minimum Gasteiger partial charge on any atom is -0.495 e. The van der Waals surface area contributed by atoms with Crippen molar-refractivity contribution in [3.63, 3.8) is 0 Å². The van der Waals surface area contributed by atoms with Crippen LogP contribution in [0.15, 0.2) is 71.5 Å². The van der Waals surface area contributed by atoms with Crippen molar-refractivity contribution in [1.29, 1.82) is 0 Å². The fourth-order valence-electron chi connectivity index (χ4n) is 3.00. The van der Waals surface area contributed by atoms with Crippen LogP contribution in [0.2, 0.25) is 0 Å². The van der Waals surface area contributed by atoms with Crippen molar-refractivity contribution in [3.8, 4) is 5.75 Å². The molecule has 2 heterocycles. The number of carbonyl (C=O) groups is 1. The minimum absolute atomic E-state index is 0.0162. The van der Waals surface area contributed by atoms with Gasteiger partial charge in [0.05, 0.1) is 30.8 Å². The van der Waals surface area contributed by atoms with Gasteiger partial charge in [0.15, 0.2) is 0 Å². The molecule has 0 bridgehead atoms. The average molecular weight is 471 g/mol. The molecule has 0 fully saturated rings. The van der Waals surface area contributed by atoms with Crippen LogP contribution in [0.5, 0.6) is 5.75 Å². The number of fused-ring (bicyclic) bond motifs is 1. The summed E-state index contributed by atoms with van der Waals surface area (Å²) >= 11 is 3.29. The van der Waals surface area contributed by atoms with Crippen LogP contribution >= 0.6 is 15.9 Å². The van der Waals surface area contributed by atoms with E-state index < -0.39 is 19.6 Å². The first kappa shape index (κ1) is 14.5. The van der Waals surface area contributed by atoms with E-state index in [0.29, 0.717) is 26.6 Å². The molecule has 2 aromatic heterocycles. The summed E-state index contributed by atoms with van der Waals surface area (Å²) in [5, 5.41) is 5.93. The van der Waals surface area contributed by atoms with Crippen molar-refractivity contribution in [1.82, 2.24) is 9.55 Å². The number of anilines is 3. The number of pyridine rings is 1. The number of hydrogen-bond acceptors (Lipinski definition) is 4. The first-order valence-electron chi connectivity index (χ1n) is 11.3. The highest BCUT2D eigenvalue weighted by atomic mass is 79.9. The van der Waals surface area contributed by atoms with E-state index in [1.54, 1.807) is 42.6 Å². The van der Waals surface area contributed by atoms with Crippen LogP contribution in [0.3, 0.4) is 0 Å². The summed E-state index contributed by atoms with van der Waals surface area (Å²) in [4.78, 5) is 16.7. The molecule has 8 heteroatoms. The monoisotopic (exact) mass is 470 g/mol. The van der Waals surface area contributed by atoms with Gasteiger partial charge in [-0.25, -0.2) is 9.78 Å². The van der Waals surface area contributed by atoms with Gasteiger partial charge in [-0.1, -0.05) is 22.0 Å². The largest absolute Gasteiger partial charge is 0.495 e. The van der Waals surface area contributed by atoms with Crippen molar-refractivity contribution < 1.29 is 16.4 Å². The first-order valence-corrected chi connectivity index (χ1v) is 9.62. The van der Waals surface area contributed by atoms with E-state index in [9.17, 15) is 4.79 Å². The van der Waals surface area contributed by atoms with Crippen LogP contribution in [-0.4, -0.2) is 22.6 Å². The molecule has 0 saturated carbocycles. The molecule has 7 nitrogen and oxygen atoms in total. The molecule has 4 N–H and O–H groups in total. The van der Waals surface area contributed by atoms with Gasteiger partial charge >= 0.3 is 6.03 Å². The SMILES string of the molecule is [2H]C([2H])([2H])Oc1ccc(Br)cc1NC(=O)Nc1cccc2c1ccn2C([2H])([2H])c1ccnc(N)c1. The predicted octanol–water partition coefficient (Wildman–Crippen LogP) is 5.08. The lowest BCUT2D eigenvalue weighted by molar-refractivity contribution is 0.262. The summed E-state index contributed by atoms with van der Waals surface area (Å²) in [6, 6.07) is 13.7. The number of halogens is 1. The molecule has 30 heavy (non-hydrogen) atoms. The Hall–Kier alpha value is -3.52. The average Bonchev–Trinajstić information content (AvgIpc) is 3.21. The van der Waals surface area contributed by atoms with E-state index in [-0.39, 0.29) is 17.3 Å². The molecule has 152 valence electrons. The molecule has 0 aliphatic rings. The fourth-order valence-corrected chi connectivity index (χ4v) is 3.36. The minimum atomic E-state index is -2.69. The third kappa shape index (κ3) is 4.23. The number of carbonyl (C=O) groups excluding carboxylic acids is 1. The zero-order valence-electron chi connectivity index (χ0n) is 20.5. The number of benzene rings is 2. The van der Waals surface area contributed by atoms with Gasteiger partial charge in [0.1, 0.15) is 11.6 Å². The molecule has 0 saturated heterocycles. The Kier molecular flexibility index (Phi) is 4.08. The predicted molar refractivity (Wildman–Crippen MR) is 123 cm³/mol. The number of amides is 2. The van der Waals surface area contributed by atoms with Gasteiger partial charge in [0, 0.05) is 28.7 Å². The van der Waals surface area contributed by atoms with Crippen LogP contribution in [0.25, 0.3) is 10.9 Å². The maximum Gasteiger partial charge on any atom is 0.323 e. The van der Waals surface area contributed by atoms with E-state index in [1.165, 1.54) is 29.0 Å². The molecule has 2 aromatic carbocycles. The summed E-state index contributed by atoms with van der Waals surface area (Å²) in [5.74, 6) is 0.189. The van der Waals surface area contributed by atoms with E-state index in [0.717, 1.165) is 0 Å². The van der Waals surface area contributed by atoms with Crippen LogP contribution in [-0.2, 0) is 6.50 Å². The van der Waals surface area contributed by atoms with Crippen LogP contribution < -0.4 is 21.1 Å². The van der Waals surface area contributed by atoms with Gasteiger partial charge in [0.2, 0.25) is 0 Å². The second-order valence-corrected chi connectivity index (χ2v) is 7.24. The zero-order chi connectivity index (χ0) is 25.4. The van der Waals surface area contributed by atoms with E-state index in [4.69, 9.17) is 17.3 Å². The lowest BCUT2D eigenvalue weighted by Gasteiger charge is -2.12. The van der Waals surface area contributed by atoms with Gasteiger partial charge in [-0.05, 0) is 54.1 Å². The molecule has 2 amide bonds. The summed E-state index contributed by atoms with van der Waals surface area (Å²) in [5.41, 5.74) is 7.19. The molecule has 4 rings (SSSR count). The third-order valence-corrected chi connectivity index (χ3v) is 4.80. The number of nitrogens with one attached hydrogen (secondary N) is 2. The highest BCUT2D eigenvalue weighted by Crippen LogP contribution is 2.29. The standard InChI is InChI=1S/C22H20BrN5O2/c1-30-20-6-5-15(23)12-18(20)27-22(29)26-17-3-2-4-19-16(17)8-10-28(19)13-14-7-9-25-21(24)11-14/h2-12H,13H2,1H3,(H2,24,25)(H2,26,27,29)/i1D3,13D2. The van der Waals surface area contributed by atoms with Gasteiger partial charge in [-0.15, -0.1) is 0 Å². The highest BCUT2D eigenvalue weighted by Gasteiger charge is 2.12. The number of nitrogens with two attached hydrogens (primary N) is 1. The van der Waals surface area contributed by atoms with Gasteiger partial charge in [-0.3, -0.25) is 0 Å². The van der Waals surface area contributed by atoms with Gasteiger partial charge < -0.3 is 25.7 Å². The normalized spacial score (nSPS) is 14.1. The number of urea groups is 1. The van der Waals surface area contributed by atoms with Crippen molar-refractivity contribution >= 4 is 50.1 Å². The number of hydrogen-bond donors (Lipinski definition) is 3. The summed E-state index contributed by atoms with van der Waals surface area (Å²) < 4.78 is 46.3. The van der Waals surface area contributed by atoms with Gasteiger partial charge in [0.25, 0.3) is 0 Å². The Morgan fingerprint density at radius 1 is 1.23 bits per heavy atom. The lowest BCUT2D eigenvalue weighted by atomic mass is 10.2. The van der Waals surface area contributed by atoms with Crippen molar-refractivity contribution in [2.24, 2.45) is 0 Å². The summed E-state index contributed by atoms with van der Waals surface area (Å²) in [6.07, 6.45) is 3.03. The Bertz CT molecular complexity index is 1410. The van der Waals surface area contributed by atoms with Crippen molar-refractivity contribution in [3.05, 3.63) is 77.0 Å². The molecular weight excluding hydrogens is 446 g/mol. The van der Waals surface area contributed by atoms with E-state index in [1.807, 2.05) is 0 Å². The zero-order valence-corrected chi connectivity index (χ0v) is 17.1. The van der Waals surface area contributed by atoms with Crippen LogP contribution in [0.4, 0.5) is 22.0 Å². The quantitative estimate of drug-likeness (QED) is 0.378. The Morgan fingerprint density at radius 3 is 2.93 bits per heavy atom. The van der Waals surface area contributed by atoms with Gasteiger partial charge in [-0.2, -0.15) is 0 Å². The topological polar surface area (TPSA) is 94.2 Å². The number of aromatic nitrogens is 2. The number of nitrogens with zero attached hydrogens (tertiary/aromatic N) is 2. The number of nitrogen functional groups attached to an aromatic ring is 1. The maximum absolute atomic E-state index is 12.8. The first-order chi connectivity index (χ1) is 16.4. The van der Waals surface area contributed by atoms with E-state index >= 15 is 0 Å². The van der Waals surface area contributed by atoms with Crippen LogP contribution in [0, 0.1) is 0 Å². The number of ether oxygens (including phenoxy) is 1. The molecule has 0 spiro atoms. The maximum atomic E-state index is 12.8. The fraction of sp³-hybridized carbons (Fsp3) is 0.0909. The Balaban J connectivity index is 1.62. The number of rotatable bonds is 5. The van der Waals surface area contributed by atoms with Crippen molar-refractivity contribution in [2.45, 2.75) is 6.50 Å². The smallest absolute Gasteiger partial charge is 0.323 e. The lowest BCUT2D eigenvalue weighted by Crippen LogP contribution is -2.20. The third-order valence-electron chi connectivity index (χ3n) is 4.31. The Morgan fingerprint density at radius 2 is 2.10 bits per heavy atom. The summed E-state index contributed by atoms with van der Waals surface area (Å²) in [6.45, 7) is -1.93. The molecule has 0 aliphatic heterocycles. The Labute approximate surface area is 189 Å². The molecule has 0 aliphatic carbocycles. The molecular formula is C22H20BrN5O2. The molecule has 4 aromatic rings. The summed E-state index contributed by atoms with van der Waals surface area (Å²) in [7, 11) is -2.69.